The molecule has 7 nitrogen and oxygen atoms in total. The van der Waals surface area contributed by atoms with Crippen molar-refractivity contribution in [3.8, 4) is 17.0 Å². The Kier molecular flexibility index (Phi) is 4.60. The van der Waals surface area contributed by atoms with Crippen LogP contribution in [0.15, 0.2) is 70.6 Å². The van der Waals surface area contributed by atoms with E-state index in [1.54, 1.807) is 43.6 Å². The van der Waals surface area contributed by atoms with Gasteiger partial charge in [-0.25, -0.2) is 22.4 Å². The van der Waals surface area contributed by atoms with Crippen LogP contribution < -0.4 is 4.74 Å². The largest absolute Gasteiger partial charge is 0.497 e. The number of ether oxygens (including phenoxy) is 1. The number of nitrogens with one attached hydrogen (secondary N) is 1. The second kappa shape index (κ2) is 7.21. The van der Waals surface area contributed by atoms with Crippen LogP contribution in [0.5, 0.6) is 5.75 Å². The molecule has 0 aliphatic heterocycles. The highest BCUT2D eigenvalue weighted by molar-refractivity contribution is 9.10. The summed E-state index contributed by atoms with van der Waals surface area (Å²) in [6.07, 6.45) is 3.14. The zero-order valence-electron chi connectivity index (χ0n) is 16.6. The number of aromatic amines is 1. The van der Waals surface area contributed by atoms with Gasteiger partial charge in [-0.1, -0.05) is 17.7 Å². The smallest absolute Gasteiger partial charge is 0.269 e. The molecule has 0 fully saturated rings. The highest BCUT2D eigenvalue weighted by Gasteiger charge is 2.27. The van der Waals surface area contributed by atoms with E-state index in [9.17, 15) is 8.42 Å². The molecule has 3 heterocycles. The van der Waals surface area contributed by atoms with Crippen LogP contribution >= 0.6 is 15.9 Å². The van der Waals surface area contributed by atoms with Crippen LogP contribution in [0, 0.1) is 6.92 Å². The molecule has 9 heteroatoms. The van der Waals surface area contributed by atoms with E-state index < -0.39 is 10.0 Å². The van der Waals surface area contributed by atoms with Gasteiger partial charge in [0.05, 0.1) is 23.1 Å². The number of rotatable bonds is 4. The Labute approximate surface area is 186 Å². The maximum atomic E-state index is 13.8. The predicted octanol–water partition coefficient (Wildman–Crippen LogP) is 4.90. The lowest BCUT2D eigenvalue weighted by atomic mass is 10.1. The van der Waals surface area contributed by atoms with E-state index in [1.165, 1.54) is 10.3 Å². The zero-order valence-corrected chi connectivity index (χ0v) is 19.0. The first-order chi connectivity index (χ1) is 14.9. The fourth-order valence-electron chi connectivity index (χ4n) is 3.65. The van der Waals surface area contributed by atoms with E-state index >= 15 is 0 Å². The van der Waals surface area contributed by atoms with Gasteiger partial charge in [-0.3, -0.25) is 0 Å². The van der Waals surface area contributed by atoms with Gasteiger partial charge in [0.1, 0.15) is 16.7 Å². The molecule has 156 valence electrons. The predicted molar refractivity (Wildman–Crippen MR) is 123 cm³/mol. The number of aryl methyl sites for hydroxylation is 1. The molecule has 0 unspecified atom stereocenters. The van der Waals surface area contributed by atoms with Gasteiger partial charge in [0.25, 0.3) is 10.0 Å². The Balaban J connectivity index is 1.87. The van der Waals surface area contributed by atoms with Crippen molar-refractivity contribution in [2.45, 2.75) is 11.8 Å². The highest BCUT2D eigenvalue weighted by atomic mass is 79.9. The van der Waals surface area contributed by atoms with Gasteiger partial charge >= 0.3 is 0 Å². The van der Waals surface area contributed by atoms with Gasteiger partial charge < -0.3 is 9.72 Å². The molecule has 3 aromatic heterocycles. The van der Waals surface area contributed by atoms with Gasteiger partial charge in [0, 0.05) is 22.7 Å². The fourth-order valence-corrected chi connectivity index (χ4v) is 5.50. The third-order valence-electron chi connectivity index (χ3n) is 5.23. The number of benzene rings is 2. The molecule has 0 saturated heterocycles. The summed E-state index contributed by atoms with van der Waals surface area (Å²) >= 11 is 3.43. The van der Waals surface area contributed by atoms with Crippen LogP contribution in [0.4, 0.5) is 0 Å². The maximum Gasteiger partial charge on any atom is 0.269 e. The fraction of sp³-hybridized carbons (Fsp3) is 0.0909. The van der Waals surface area contributed by atoms with Crippen molar-refractivity contribution >= 4 is 47.9 Å². The Hall–Kier alpha value is -3.17. The molecule has 1 N–H and O–H groups in total. The van der Waals surface area contributed by atoms with Gasteiger partial charge in [-0.15, -0.1) is 0 Å². The summed E-state index contributed by atoms with van der Waals surface area (Å²) in [5.41, 5.74) is 3.34. The van der Waals surface area contributed by atoms with Crippen molar-refractivity contribution in [2.24, 2.45) is 0 Å². The number of halogens is 1. The van der Waals surface area contributed by atoms with Gasteiger partial charge in [0.15, 0.2) is 5.65 Å². The first-order valence-electron chi connectivity index (χ1n) is 9.40. The minimum Gasteiger partial charge on any atom is -0.497 e. The van der Waals surface area contributed by atoms with E-state index in [0.29, 0.717) is 27.1 Å². The SMILES string of the molecule is COc1ccc2[nH]cc(-c3cc4c(Br)ncnc4n3S(=O)(=O)c3ccc(C)cc3)c2c1. The van der Waals surface area contributed by atoms with Crippen LogP contribution in [0.3, 0.4) is 0 Å². The Morgan fingerprint density at radius 3 is 2.55 bits per heavy atom. The first-order valence-corrected chi connectivity index (χ1v) is 11.6. The number of fused-ring (bicyclic) bond motifs is 2. The summed E-state index contributed by atoms with van der Waals surface area (Å²) in [7, 11) is -2.34. The van der Waals surface area contributed by atoms with Crippen LogP contribution in [0.2, 0.25) is 0 Å². The zero-order chi connectivity index (χ0) is 21.8. The van der Waals surface area contributed by atoms with Gasteiger partial charge in [-0.2, -0.15) is 0 Å². The number of hydrogen-bond donors (Lipinski definition) is 1. The normalized spacial score (nSPS) is 12.0. The van der Waals surface area contributed by atoms with E-state index in [1.807, 2.05) is 25.1 Å². The molecule has 0 amide bonds. The lowest BCUT2D eigenvalue weighted by molar-refractivity contribution is 0.415. The minimum atomic E-state index is -3.94. The molecular weight excluding hydrogens is 480 g/mol. The second-order valence-electron chi connectivity index (χ2n) is 7.13. The molecule has 0 bridgehead atoms. The number of hydrogen-bond acceptors (Lipinski definition) is 5. The lowest BCUT2D eigenvalue weighted by Crippen LogP contribution is -2.14. The Bertz CT molecular complexity index is 1550. The van der Waals surface area contributed by atoms with Crippen molar-refractivity contribution < 1.29 is 13.2 Å². The van der Waals surface area contributed by atoms with Crippen LogP contribution in [-0.4, -0.2) is 34.5 Å². The Morgan fingerprint density at radius 1 is 1.03 bits per heavy atom. The molecule has 0 saturated carbocycles. The highest BCUT2D eigenvalue weighted by Crippen LogP contribution is 2.37. The average Bonchev–Trinajstić information content (AvgIpc) is 3.35. The number of methoxy groups -OCH3 is 1. The summed E-state index contributed by atoms with van der Waals surface area (Å²) in [6.45, 7) is 1.91. The maximum absolute atomic E-state index is 13.8. The number of aromatic nitrogens is 4. The third kappa shape index (κ3) is 3.12. The summed E-state index contributed by atoms with van der Waals surface area (Å²) in [6, 6.07) is 14.2. The summed E-state index contributed by atoms with van der Waals surface area (Å²) < 4.78 is 34.7. The Morgan fingerprint density at radius 2 is 1.81 bits per heavy atom. The average molecular weight is 497 g/mol. The van der Waals surface area contributed by atoms with E-state index in [4.69, 9.17) is 4.74 Å². The standard InChI is InChI=1S/C22H17BrN4O3S/c1-13-3-6-15(7-4-13)31(28,29)27-20(10-17-21(23)25-12-26-22(17)27)18-11-24-19-8-5-14(30-2)9-16(18)19/h3-12,24H,1-2H3. The molecule has 2 aromatic carbocycles. The van der Waals surface area contributed by atoms with Crippen molar-refractivity contribution in [3.63, 3.8) is 0 Å². The molecule has 5 rings (SSSR count). The number of nitrogens with zero attached hydrogens (tertiary/aromatic N) is 3. The molecule has 0 aliphatic rings. The van der Waals surface area contributed by atoms with Gasteiger partial charge in [-0.05, 0) is 59.3 Å². The summed E-state index contributed by atoms with van der Waals surface area (Å²) in [4.78, 5) is 11.9. The lowest BCUT2D eigenvalue weighted by Gasteiger charge is -2.11. The first kappa shape index (κ1) is 19.8. The molecule has 31 heavy (non-hydrogen) atoms. The molecule has 0 atom stereocenters. The minimum absolute atomic E-state index is 0.184. The topological polar surface area (TPSA) is 89.9 Å². The summed E-state index contributed by atoms with van der Waals surface area (Å²) in [5.74, 6) is 0.679. The van der Waals surface area contributed by atoms with E-state index in [2.05, 4.69) is 30.9 Å². The van der Waals surface area contributed by atoms with Crippen molar-refractivity contribution in [3.05, 3.63) is 71.2 Å². The van der Waals surface area contributed by atoms with E-state index in [0.717, 1.165) is 22.0 Å². The van der Waals surface area contributed by atoms with Gasteiger partial charge in [0.2, 0.25) is 0 Å². The molecule has 0 spiro atoms. The molecular formula is C22H17BrN4O3S. The molecule has 0 radical (unpaired) electrons. The molecule has 5 aromatic rings. The molecule has 0 aliphatic carbocycles. The van der Waals surface area contributed by atoms with Crippen molar-refractivity contribution in [1.29, 1.82) is 0 Å². The van der Waals surface area contributed by atoms with Crippen LogP contribution in [0.1, 0.15) is 5.56 Å². The van der Waals surface area contributed by atoms with E-state index in [-0.39, 0.29) is 4.90 Å². The van der Waals surface area contributed by atoms with Crippen LogP contribution in [0.25, 0.3) is 33.2 Å². The number of H-pyrrole nitrogens is 1. The van der Waals surface area contributed by atoms with Crippen LogP contribution in [-0.2, 0) is 10.0 Å². The monoisotopic (exact) mass is 496 g/mol. The van der Waals surface area contributed by atoms with Crippen molar-refractivity contribution in [1.82, 2.24) is 18.9 Å². The van der Waals surface area contributed by atoms with Crippen molar-refractivity contribution in [2.75, 3.05) is 7.11 Å². The third-order valence-corrected chi connectivity index (χ3v) is 7.58. The second-order valence-corrected chi connectivity index (χ2v) is 9.67. The summed E-state index contributed by atoms with van der Waals surface area (Å²) in [5, 5.41) is 1.44. The quantitative estimate of drug-likeness (QED) is 0.357.